The van der Waals surface area contributed by atoms with Crippen LogP contribution in [0.2, 0.25) is 0 Å². The summed E-state index contributed by atoms with van der Waals surface area (Å²) in [7, 11) is 0. The summed E-state index contributed by atoms with van der Waals surface area (Å²) in [6, 6.07) is 7.36. The third kappa shape index (κ3) is 2.82. The molecule has 4 N–H and O–H groups in total. The fourth-order valence-electron chi connectivity index (χ4n) is 1.76. The maximum absolute atomic E-state index is 11.8. The lowest BCUT2D eigenvalue weighted by molar-refractivity contribution is -0.123. The average Bonchev–Trinajstić information content (AvgIpc) is 2.77. The minimum absolute atomic E-state index is 0.0661. The molecule has 0 spiro atoms. The normalized spacial score (nSPS) is 18.9. The number of carbonyl (C=O) groups is 2. The van der Waals surface area contributed by atoms with E-state index in [1.165, 1.54) is 0 Å². The van der Waals surface area contributed by atoms with Crippen LogP contribution in [0.25, 0.3) is 0 Å². The SMILES string of the molecule is NCc1ccc(NC(=O)C2CNC(=O)C2)cc1. The minimum atomic E-state index is -0.267. The topological polar surface area (TPSA) is 84.2 Å². The van der Waals surface area contributed by atoms with Gasteiger partial charge in [0.15, 0.2) is 0 Å². The molecule has 1 heterocycles. The standard InChI is InChI=1S/C12H15N3O2/c13-6-8-1-3-10(4-2-8)15-12(17)9-5-11(16)14-7-9/h1-4,9H,5-7,13H2,(H,14,16)(H,15,17). The van der Waals surface area contributed by atoms with E-state index in [0.29, 0.717) is 13.1 Å². The molecule has 5 nitrogen and oxygen atoms in total. The number of anilines is 1. The van der Waals surface area contributed by atoms with Gasteiger partial charge in [0.1, 0.15) is 0 Å². The zero-order valence-electron chi connectivity index (χ0n) is 9.40. The largest absolute Gasteiger partial charge is 0.355 e. The van der Waals surface area contributed by atoms with Gasteiger partial charge in [-0.2, -0.15) is 0 Å². The van der Waals surface area contributed by atoms with Crippen molar-refractivity contribution in [1.82, 2.24) is 5.32 Å². The number of amides is 2. The summed E-state index contributed by atoms with van der Waals surface area (Å²) in [6.45, 7) is 0.904. The molecule has 1 fully saturated rings. The van der Waals surface area contributed by atoms with Crippen molar-refractivity contribution in [3.63, 3.8) is 0 Å². The first kappa shape index (κ1) is 11.6. The first-order valence-corrected chi connectivity index (χ1v) is 5.55. The number of rotatable bonds is 3. The average molecular weight is 233 g/mol. The highest BCUT2D eigenvalue weighted by atomic mass is 16.2. The van der Waals surface area contributed by atoms with Crippen LogP contribution in [-0.4, -0.2) is 18.4 Å². The Kier molecular flexibility index (Phi) is 3.39. The highest BCUT2D eigenvalue weighted by Crippen LogP contribution is 2.14. The second kappa shape index (κ2) is 4.97. The molecular formula is C12H15N3O2. The molecule has 2 rings (SSSR count). The van der Waals surface area contributed by atoms with Crippen molar-refractivity contribution < 1.29 is 9.59 Å². The van der Waals surface area contributed by atoms with Crippen LogP contribution in [-0.2, 0) is 16.1 Å². The van der Waals surface area contributed by atoms with E-state index in [4.69, 9.17) is 5.73 Å². The van der Waals surface area contributed by atoms with Crippen LogP contribution in [0.3, 0.4) is 0 Å². The van der Waals surface area contributed by atoms with Crippen LogP contribution in [0.4, 0.5) is 5.69 Å². The van der Waals surface area contributed by atoms with E-state index in [-0.39, 0.29) is 24.2 Å². The third-order valence-corrected chi connectivity index (χ3v) is 2.81. The van der Waals surface area contributed by atoms with E-state index in [2.05, 4.69) is 10.6 Å². The lowest BCUT2D eigenvalue weighted by Gasteiger charge is -2.09. The smallest absolute Gasteiger partial charge is 0.229 e. The number of hydrogen-bond donors (Lipinski definition) is 3. The third-order valence-electron chi connectivity index (χ3n) is 2.81. The molecule has 1 unspecified atom stereocenters. The van der Waals surface area contributed by atoms with Gasteiger partial charge in [-0.1, -0.05) is 12.1 Å². The summed E-state index contributed by atoms with van der Waals surface area (Å²) < 4.78 is 0. The Balaban J connectivity index is 1.95. The Morgan fingerprint density at radius 2 is 2.12 bits per heavy atom. The second-order valence-corrected chi connectivity index (χ2v) is 4.10. The first-order valence-electron chi connectivity index (χ1n) is 5.55. The van der Waals surface area contributed by atoms with Gasteiger partial charge in [-0.05, 0) is 17.7 Å². The van der Waals surface area contributed by atoms with Crippen molar-refractivity contribution >= 4 is 17.5 Å². The summed E-state index contributed by atoms with van der Waals surface area (Å²) in [5.41, 5.74) is 7.23. The number of hydrogen-bond acceptors (Lipinski definition) is 3. The van der Waals surface area contributed by atoms with Crippen molar-refractivity contribution in [2.75, 3.05) is 11.9 Å². The van der Waals surface area contributed by atoms with Crippen LogP contribution in [0.5, 0.6) is 0 Å². The molecule has 1 aliphatic rings. The van der Waals surface area contributed by atoms with Gasteiger partial charge in [-0.15, -0.1) is 0 Å². The predicted octanol–water partition coefficient (Wildman–Crippen LogP) is 0.220. The van der Waals surface area contributed by atoms with Crippen molar-refractivity contribution in [3.05, 3.63) is 29.8 Å². The number of nitrogens with one attached hydrogen (secondary N) is 2. The zero-order valence-corrected chi connectivity index (χ0v) is 9.40. The molecule has 2 amide bonds. The molecule has 1 aromatic rings. The van der Waals surface area contributed by atoms with Crippen LogP contribution >= 0.6 is 0 Å². The molecule has 0 aliphatic carbocycles. The number of nitrogens with two attached hydrogens (primary N) is 1. The van der Waals surface area contributed by atoms with Gasteiger partial charge in [0, 0.05) is 25.2 Å². The van der Waals surface area contributed by atoms with Crippen LogP contribution in [0.15, 0.2) is 24.3 Å². The molecule has 0 bridgehead atoms. The monoisotopic (exact) mass is 233 g/mol. The molecule has 0 saturated carbocycles. The summed E-state index contributed by atoms with van der Waals surface area (Å²) in [5.74, 6) is -0.454. The van der Waals surface area contributed by atoms with Gasteiger partial charge < -0.3 is 16.4 Å². The van der Waals surface area contributed by atoms with Crippen molar-refractivity contribution in [1.29, 1.82) is 0 Å². The highest BCUT2D eigenvalue weighted by molar-refractivity contribution is 5.97. The fourth-order valence-corrected chi connectivity index (χ4v) is 1.76. The quantitative estimate of drug-likeness (QED) is 0.698. The van der Waals surface area contributed by atoms with E-state index >= 15 is 0 Å². The molecule has 17 heavy (non-hydrogen) atoms. The summed E-state index contributed by atoms with van der Waals surface area (Å²) in [6.07, 6.45) is 0.271. The van der Waals surface area contributed by atoms with Crippen molar-refractivity contribution in [2.45, 2.75) is 13.0 Å². The van der Waals surface area contributed by atoms with E-state index in [9.17, 15) is 9.59 Å². The van der Waals surface area contributed by atoms with Gasteiger partial charge >= 0.3 is 0 Å². The predicted molar refractivity (Wildman–Crippen MR) is 64.1 cm³/mol. The molecule has 1 aromatic carbocycles. The van der Waals surface area contributed by atoms with Gasteiger partial charge in [0.2, 0.25) is 11.8 Å². The van der Waals surface area contributed by atoms with E-state index < -0.39 is 0 Å². The lowest BCUT2D eigenvalue weighted by Crippen LogP contribution is -2.24. The molecule has 0 aromatic heterocycles. The summed E-state index contributed by atoms with van der Waals surface area (Å²) in [4.78, 5) is 22.8. The molecule has 0 radical (unpaired) electrons. The minimum Gasteiger partial charge on any atom is -0.355 e. The maximum atomic E-state index is 11.8. The Labute approximate surface area is 99.4 Å². The molecule has 1 atom stereocenters. The van der Waals surface area contributed by atoms with E-state index in [1.807, 2.05) is 24.3 Å². The Hall–Kier alpha value is -1.88. The first-order chi connectivity index (χ1) is 8.19. The van der Waals surface area contributed by atoms with E-state index in [0.717, 1.165) is 11.3 Å². The molecule has 1 aliphatic heterocycles. The number of carbonyl (C=O) groups excluding carboxylic acids is 2. The maximum Gasteiger partial charge on any atom is 0.229 e. The van der Waals surface area contributed by atoms with Gasteiger partial charge in [0.05, 0.1) is 5.92 Å². The van der Waals surface area contributed by atoms with Crippen molar-refractivity contribution in [2.24, 2.45) is 11.7 Å². The fraction of sp³-hybridized carbons (Fsp3) is 0.333. The Bertz CT molecular complexity index is 428. The van der Waals surface area contributed by atoms with E-state index in [1.54, 1.807) is 0 Å². The highest BCUT2D eigenvalue weighted by Gasteiger charge is 2.27. The molecule has 5 heteroatoms. The lowest BCUT2D eigenvalue weighted by atomic mass is 10.1. The molecule has 90 valence electrons. The van der Waals surface area contributed by atoms with Crippen LogP contribution in [0, 0.1) is 5.92 Å². The van der Waals surface area contributed by atoms with Gasteiger partial charge in [0.25, 0.3) is 0 Å². The van der Waals surface area contributed by atoms with Gasteiger partial charge in [-0.3, -0.25) is 9.59 Å². The number of benzene rings is 1. The van der Waals surface area contributed by atoms with Crippen LogP contribution < -0.4 is 16.4 Å². The van der Waals surface area contributed by atoms with Crippen molar-refractivity contribution in [3.8, 4) is 0 Å². The van der Waals surface area contributed by atoms with Crippen LogP contribution in [0.1, 0.15) is 12.0 Å². The zero-order chi connectivity index (χ0) is 12.3. The molecular weight excluding hydrogens is 218 g/mol. The summed E-state index contributed by atoms with van der Waals surface area (Å²) in [5, 5.41) is 5.42. The molecule has 1 saturated heterocycles. The van der Waals surface area contributed by atoms with Gasteiger partial charge in [-0.25, -0.2) is 0 Å². The Morgan fingerprint density at radius 1 is 1.41 bits per heavy atom. The second-order valence-electron chi connectivity index (χ2n) is 4.10. The Morgan fingerprint density at radius 3 is 2.65 bits per heavy atom. The summed E-state index contributed by atoms with van der Waals surface area (Å²) >= 11 is 0.